The highest BCUT2D eigenvalue weighted by atomic mass is 16.4. The van der Waals surface area contributed by atoms with E-state index in [-0.39, 0.29) is 11.8 Å². The molecular formula is C13H16N2O3. The molecule has 2 rings (SSSR count). The van der Waals surface area contributed by atoms with Crippen molar-refractivity contribution in [3.8, 4) is 0 Å². The van der Waals surface area contributed by atoms with E-state index in [0.717, 1.165) is 24.1 Å². The van der Waals surface area contributed by atoms with Gasteiger partial charge in [0.15, 0.2) is 0 Å². The zero-order valence-corrected chi connectivity index (χ0v) is 9.98. The van der Waals surface area contributed by atoms with Gasteiger partial charge in [0.2, 0.25) is 5.91 Å². The van der Waals surface area contributed by atoms with Crippen molar-refractivity contribution in [1.29, 1.82) is 0 Å². The smallest absolute Gasteiger partial charge is 0.328 e. The van der Waals surface area contributed by atoms with Crippen LogP contribution in [0.15, 0.2) is 30.1 Å². The van der Waals surface area contributed by atoms with E-state index < -0.39 is 5.97 Å². The molecule has 1 aromatic heterocycles. The number of nitrogens with one attached hydrogen (secondary N) is 2. The predicted octanol–water partition coefficient (Wildman–Crippen LogP) is 2.15. The normalized spacial score (nSPS) is 19.3. The molecule has 0 bridgehead atoms. The van der Waals surface area contributed by atoms with Crippen LogP contribution >= 0.6 is 0 Å². The van der Waals surface area contributed by atoms with Gasteiger partial charge in [-0.25, -0.2) is 4.79 Å². The number of anilines is 1. The summed E-state index contributed by atoms with van der Waals surface area (Å²) in [5.41, 5.74) is 1.69. The quantitative estimate of drug-likeness (QED) is 0.717. The average Bonchev–Trinajstić information content (AvgIpc) is 2.82. The number of aliphatic carboxylic acids is 1. The molecule has 0 spiro atoms. The third-order valence-electron chi connectivity index (χ3n) is 3.19. The van der Waals surface area contributed by atoms with Crippen molar-refractivity contribution < 1.29 is 14.7 Å². The first-order valence-corrected chi connectivity index (χ1v) is 6.01. The molecule has 1 aromatic rings. The van der Waals surface area contributed by atoms with Gasteiger partial charge >= 0.3 is 5.97 Å². The maximum Gasteiger partial charge on any atom is 0.328 e. The molecule has 96 valence electrons. The van der Waals surface area contributed by atoms with Crippen molar-refractivity contribution in [2.24, 2.45) is 5.92 Å². The molecule has 1 heterocycles. The minimum Gasteiger partial charge on any atom is -0.478 e. The van der Waals surface area contributed by atoms with Crippen LogP contribution in [0.3, 0.4) is 0 Å². The van der Waals surface area contributed by atoms with Crippen molar-refractivity contribution in [3.05, 3.63) is 30.1 Å². The lowest BCUT2D eigenvalue weighted by Crippen LogP contribution is -2.25. The largest absolute Gasteiger partial charge is 0.478 e. The molecule has 18 heavy (non-hydrogen) atoms. The van der Waals surface area contributed by atoms with Crippen molar-refractivity contribution in [2.75, 3.05) is 5.32 Å². The van der Waals surface area contributed by atoms with Gasteiger partial charge in [-0.3, -0.25) is 4.79 Å². The standard InChI is InChI=1S/C13H16N2O3/c16-12(17)7-9-1-3-10(4-2-9)13(18)15-11-5-6-14-8-11/h5-8,10,14H,1-4H2,(H,15,18)(H,16,17). The number of carbonyl (C=O) groups is 2. The van der Waals surface area contributed by atoms with Crippen LogP contribution in [0, 0.1) is 5.92 Å². The Bertz CT molecular complexity index is 453. The third-order valence-corrected chi connectivity index (χ3v) is 3.19. The minimum atomic E-state index is -0.903. The summed E-state index contributed by atoms with van der Waals surface area (Å²) in [4.78, 5) is 25.3. The lowest BCUT2D eigenvalue weighted by molar-refractivity contribution is -0.131. The summed E-state index contributed by atoms with van der Waals surface area (Å²) in [7, 11) is 0. The Hall–Kier alpha value is -2.04. The lowest BCUT2D eigenvalue weighted by Gasteiger charge is -2.22. The lowest BCUT2D eigenvalue weighted by atomic mass is 9.85. The fourth-order valence-corrected chi connectivity index (χ4v) is 2.22. The second kappa shape index (κ2) is 5.53. The number of carboxylic acids is 1. The highest BCUT2D eigenvalue weighted by Crippen LogP contribution is 2.29. The molecule has 0 radical (unpaired) electrons. The number of aromatic nitrogens is 1. The zero-order chi connectivity index (χ0) is 13.0. The van der Waals surface area contributed by atoms with Crippen molar-refractivity contribution in [3.63, 3.8) is 0 Å². The molecule has 1 fully saturated rings. The second-order valence-corrected chi connectivity index (χ2v) is 4.50. The Balaban J connectivity index is 1.86. The number of hydrogen-bond acceptors (Lipinski definition) is 2. The van der Waals surface area contributed by atoms with Crippen LogP contribution in [0.4, 0.5) is 5.69 Å². The molecule has 0 atom stereocenters. The van der Waals surface area contributed by atoms with Crippen LogP contribution in [0.25, 0.3) is 0 Å². The van der Waals surface area contributed by atoms with E-state index in [1.165, 1.54) is 6.08 Å². The summed E-state index contributed by atoms with van der Waals surface area (Å²) in [6.07, 6.45) is 7.57. The molecule has 0 aliphatic heterocycles. The summed E-state index contributed by atoms with van der Waals surface area (Å²) in [6, 6.07) is 1.80. The first-order valence-electron chi connectivity index (χ1n) is 6.01. The Morgan fingerprint density at radius 2 is 2.11 bits per heavy atom. The molecule has 5 heteroatoms. The van der Waals surface area contributed by atoms with Crippen molar-refractivity contribution >= 4 is 17.6 Å². The topological polar surface area (TPSA) is 82.2 Å². The predicted molar refractivity (Wildman–Crippen MR) is 67.1 cm³/mol. The fourth-order valence-electron chi connectivity index (χ4n) is 2.22. The van der Waals surface area contributed by atoms with Gasteiger partial charge in [0.1, 0.15) is 0 Å². The molecule has 1 aliphatic carbocycles. The summed E-state index contributed by atoms with van der Waals surface area (Å²) < 4.78 is 0. The second-order valence-electron chi connectivity index (χ2n) is 4.50. The van der Waals surface area contributed by atoms with E-state index in [9.17, 15) is 9.59 Å². The van der Waals surface area contributed by atoms with E-state index in [0.29, 0.717) is 12.8 Å². The van der Waals surface area contributed by atoms with Crippen LogP contribution in [0.5, 0.6) is 0 Å². The average molecular weight is 248 g/mol. The van der Waals surface area contributed by atoms with Gasteiger partial charge < -0.3 is 15.4 Å². The van der Waals surface area contributed by atoms with E-state index in [1.807, 2.05) is 0 Å². The third kappa shape index (κ3) is 3.23. The van der Waals surface area contributed by atoms with Crippen molar-refractivity contribution in [1.82, 2.24) is 4.98 Å². The Morgan fingerprint density at radius 1 is 1.39 bits per heavy atom. The summed E-state index contributed by atoms with van der Waals surface area (Å²) in [5, 5.41) is 11.5. The maximum absolute atomic E-state index is 11.9. The number of hydrogen-bond donors (Lipinski definition) is 3. The van der Waals surface area contributed by atoms with Gasteiger partial charge in [0, 0.05) is 24.4 Å². The van der Waals surface area contributed by atoms with Crippen LogP contribution < -0.4 is 5.32 Å². The number of carboxylic acid groups (broad SMARTS) is 1. The van der Waals surface area contributed by atoms with E-state index >= 15 is 0 Å². The first kappa shape index (κ1) is 12.4. The summed E-state index contributed by atoms with van der Waals surface area (Å²) in [5.74, 6) is -0.907. The number of carbonyl (C=O) groups excluding carboxylic acids is 1. The van der Waals surface area contributed by atoms with Gasteiger partial charge in [-0.05, 0) is 31.7 Å². The van der Waals surface area contributed by atoms with Gasteiger partial charge in [-0.1, -0.05) is 5.57 Å². The maximum atomic E-state index is 11.9. The van der Waals surface area contributed by atoms with E-state index in [4.69, 9.17) is 5.11 Å². The molecule has 5 nitrogen and oxygen atoms in total. The molecule has 0 saturated heterocycles. The Kier molecular flexibility index (Phi) is 3.82. The molecule has 1 saturated carbocycles. The van der Waals surface area contributed by atoms with Crippen LogP contribution in [0.1, 0.15) is 25.7 Å². The van der Waals surface area contributed by atoms with Crippen LogP contribution in [-0.2, 0) is 9.59 Å². The SMILES string of the molecule is O=C(O)C=C1CCC(C(=O)Nc2cc[nH]c2)CC1. The van der Waals surface area contributed by atoms with Crippen LogP contribution in [-0.4, -0.2) is 22.0 Å². The fraction of sp³-hybridized carbons (Fsp3) is 0.385. The summed E-state index contributed by atoms with van der Waals surface area (Å²) in [6.45, 7) is 0. The van der Waals surface area contributed by atoms with Crippen LogP contribution in [0.2, 0.25) is 0 Å². The number of allylic oxidation sites excluding steroid dienone is 1. The minimum absolute atomic E-state index is 0.0176. The molecule has 1 aliphatic rings. The molecule has 0 aromatic carbocycles. The van der Waals surface area contributed by atoms with Gasteiger partial charge in [0.05, 0.1) is 5.69 Å². The van der Waals surface area contributed by atoms with E-state index in [1.54, 1.807) is 18.5 Å². The summed E-state index contributed by atoms with van der Waals surface area (Å²) >= 11 is 0. The first-order chi connectivity index (χ1) is 8.65. The van der Waals surface area contributed by atoms with E-state index in [2.05, 4.69) is 10.3 Å². The number of amides is 1. The highest BCUT2D eigenvalue weighted by Gasteiger charge is 2.23. The zero-order valence-electron chi connectivity index (χ0n) is 9.98. The van der Waals surface area contributed by atoms with Gasteiger partial charge in [0.25, 0.3) is 0 Å². The Morgan fingerprint density at radius 3 is 2.67 bits per heavy atom. The monoisotopic (exact) mass is 248 g/mol. The Labute approximate surface area is 105 Å². The number of aromatic amines is 1. The van der Waals surface area contributed by atoms with Gasteiger partial charge in [-0.15, -0.1) is 0 Å². The number of rotatable bonds is 3. The van der Waals surface area contributed by atoms with Gasteiger partial charge in [-0.2, -0.15) is 0 Å². The molecule has 1 amide bonds. The molecule has 3 N–H and O–H groups in total. The molecular weight excluding hydrogens is 232 g/mol. The highest BCUT2D eigenvalue weighted by molar-refractivity contribution is 5.92. The van der Waals surface area contributed by atoms with Crippen molar-refractivity contribution in [2.45, 2.75) is 25.7 Å². The number of H-pyrrole nitrogens is 1. The molecule has 0 unspecified atom stereocenters.